The Morgan fingerprint density at radius 1 is 0.760 bits per heavy atom. The number of ether oxygens (including phenoxy) is 2. The van der Waals surface area contributed by atoms with Crippen LogP contribution in [0.3, 0.4) is 0 Å². The molecule has 2 amide bonds. The largest absolute Gasteiger partial charge is 0.487 e. The number of carbonyl (C=O) groups is 4. The number of amides is 2. The minimum absolute atomic E-state index is 0. The van der Waals surface area contributed by atoms with Gasteiger partial charge in [0.05, 0.1) is 53.2 Å². The smallest absolute Gasteiger partial charge is 0.273 e. The molecular formula is C81H93BrF3N11O8. The zero-order valence-electron chi connectivity index (χ0n) is 58.1. The standard InChI is InChI=1S/C33H35FN4O3.C23H20BrF2NO3.C22H26N6O2.3CH4/c1-22-5-9-26(10-6-22)38-27(20-32(36-38)33(2,3)4)19-28(40)11-7-23-17-25(34)8-14-31(23)41-29-12-13-30-24(18-29)21-35-37(30)15-16-39;1-4-20(28)15-6-5-13(2)19(10-15)27-14(3)9-21(22(24)23(27)29)30-12-16-7-8-17(25)11-18(16)26;1-4-9-23-22(30)17-11-28-19(14(17)3)20(24-12-25-28)27-18-10-15(6-5-13(18)2)21(29)26-16-7-8-16;;;/h5-6,8-10,12-14,17-18,20-21,39H,7,11,15-16,19H2,1-4H3;5-11H,4,12H2,1-3H3;5-6,10-12,16H,4,7-9H2,1-3H3,(H,23,30)(H,26,29)(H,24,25,27);3*1H4. The van der Waals surface area contributed by atoms with Crippen LogP contribution in [0.5, 0.6) is 17.2 Å². The number of pyridine rings is 1. The molecule has 0 spiro atoms. The Kier molecular flexibility index (Phi) is 27.6. The van der Waals surface area contributed by atoms with Crippen LogP contribution < -0.4 is 31.0 Å². The van der Waals surface area contributed by atoms with Crippen LogP contribution in [0.4, 0.5) is 24.7 Å². The number of ketones is 2. The molecule has 104 heavy (non-hydrogen) atoms. The molecule has 548 valence electrons. The molecule has 1 aliphatic rings. The summed E-state index contributed by atoms with van der Waals surface area (Å²) in [6.45, 7) is 20.5. The average Bonchev–Trinajstić information content (AvgIpc) is 1.71. The number of aryl methyl sites for hydroxylation is 6. The molecule has 0 radical (unpaired) electrons. The molecule has 1 aliphatic carbocycles. The average molecular weight is 1490 g/mol. The number of hydrogen-bond acceptors (Lipinski definition) is 13. The van der Waals surface area contributed by atoms with E-state index in [1.165, 1.54) is 29.1 Å². The van der Waals surface area contributed by atoms with E-state index in [0.29, 0.717) is 82.9 Å². The molecule has 0 saturated heterocycles. The van der Waals surface area contributed by atoms with Crippen molar-refractivity contribution in [1.29, 1.82) is 0 Å². The predicted octanol–water partition coefficient (Wildman–Crippen LogP) is 17.2. The molecule has 1 fully saturated rings. The van der Waals surface area contributed by atoms with Crippen LogP contribution in [-0.4, -0.2) is 86.4 Å². The Bertz CT molecular complexity index is 4960. The molecule has 1 saturated carbocycles. The van der Waals surface area contributed by atoms with E-state index >= 15 is 0 Å². The van der Waals surface area contributed by atoms with Gasteiger partial charge in [0.15, 0.2) is 11.6 Å². The number of benzene rings is 6. The van der Waals surface area contributed by atoms with E-state index in [1.54, 1.807) is 65.8 Å². The summed E-state index contributed by atoms with van der Waals surface area (Å²) in [6.07, 6.45) is 9.00. The maximum atomic E-state index is 14.2. The van der Waals surface area contributed by atoms with Crippen LogP contribution in [0, 0.1) is 52.1 Å². The Morgan fingerprint density at radius 2 is 1.47 bits per heavy atom. The number of carbonyl (C=O) groups excluding carboxylic acids is 4. The van der Waals surface area contributed by atoms with E-state index in [4.69, 9.17) is 14.6 Å². The number of hydrogen-bond donors (Lipinski definition) is 4. The molecule has 12 rings (SSSR count). The highest BCUT2D eigenvalue weighted by Crippen LogP contribution is 2.33. The first-order valence-corrected chi connectivity index (χ1v) is 34.2. The van der Waals surface area contributed by atoms with Gasteiger partial charge in [0.1, 0.15) is 63.4 Å². The highest BCUT2D eigenvalue weighted by molar-refractivity contribution is 9.10. The number of aliphatic hydroxyl groups is 1. The summed E-state index contributed by atoms with van der Waals surface area (Å²) in [7, 11) is 0. The van der Waals surface area contributed by atoms with Crippen LogP contribution in [0.2, 0.25) is 0 Å². The van der Waals surface area contributed by atoms with Gasteiger partial charge in [-0.15, -0.1) is 0 Å². The summed E-state index contributed by atoms with van der Waals surface area (Å²) in [6, 6.07) is 36.0. The van der Waals surface area contributed by atoms with Crippen LogP contribution >= 0.6 is 15.9 Å². The summed E-state index contributed by atoms with van der Waals surface area (Å²) >= 11 is 3.27. The highest BCUT2D eigenvalue weighted by atomic mass is 79.9. The molecule has 0 bridgehead atoms. The van der Waals surface area contributed by atoms with Gasteiger partial charge in [-0.2, -0.15) is 15.3 Å². The highest BCUT2D eigenvalue weighted by Gasteiger charge is 2.26. The Labute approximate surface area is 614 Å². The quantitative estimate of drug-likeness (QED) is 0.0437. The lowest BCUT2D eigenvalue weighted by molar-refractivity contribution is -0.118. The molecular weight excluding hydrogens is 1390 g/mol. The summed E-state index contributed by atoms with van der Waals surface area (Å²) < 4.78 is 59.8. The zero-order valence-corrected chi connectivity index (χ0v) is 59.7. The van der Waals surface area contributed by atoms with Crippen molar-refractivity contribution in [3.63, 3.8) is 0 Å². The minimum atomic E-state index is -0.718. The van der Waals surface area contributed by atoms with E-state index in [2.05, 4.69) is 67.8 Å². The lowest BCUT2D eigenvalue weighted by Crippen LogP contribution is -2.25. The fourth-order valence-corrected chi connectivity index (χ4v) is 11.6. The number of Topliss-reactive ketones (excluding diaryl/α,β-unsaturated/α-hetero) is 2. The van der Waals surface area contributed by atoms with Crippen molar-refractivity contribution in [3.8, 4) is 28.6 Å². The second kappa shape index (κ2) is 35.6. The van der Waals surface area contributed by atoms with Crippen LogP contribution in [-0.2, 0) is 36.2 Å². The van der Waals surface area contributed by atoms with Crippen LogP contribution in [0.25, 0.3) is 27.8 Å². The minimum Gasteiger partial charge on any atom is -0.487 e. The van der Waals surface area contributed by atoms with Crippen molar-refractivity contribution in [2.24, 2.45) is 0 Å². The molecule has 11 aromatic rings. The summed E-state index contributed by atoms with van der Waals surface area (Å²) in [5.41, 5.74) is 12.0. The number of aromatic nitrogens is 8. The van der Waals surface area contributed by atoms with Crippen molar-refractivity contribution in [1.82, 2.24) is 49.4 Å². The van der Waals surface area contributed by atoms with Crippen molar-refractivity contribution in [3.05, 3.63) is 246 Å². The summed E-state index contributed by atoms with van der Waals surface area (Å²) in [4.78, 5) is 67.7. The molecule has 5 heterocycles. The molecule has 6 aromatic carbocycles. The van der Waals surface area contributed by atoms with E-state index in [0.717, 1.165) is 92.8 Å². The lowest BCUT2D eigenvalue weighted by atomic mass is 9.92. The molecule has 0 atom stereocenters. The van der Waals surface area contributed by atoms with Gasteiger partial charge in [-0.25, -0.2) is 27.4 Å². The van der Waals surface area contributed by atoms with Gasteiger partial charge in [-0.3, -0.25) is 33.2 Å². The first-order valence-electron chi connectivity index (χ1n) is 33.4. The third-order valence-electron chi connectivity index (χ3n) is 17.1. The SMILES string of the molecule is C.C.C.CCC(=O)c1ccc(C)c(-n2c(C)cc(OCc3ccc(F)cc3F)c(Br)c2=O)c1.CCCNC(=O)c1cn2ncnc(Nc3cc(C(=O)NC4CC4)ccc3C)c2c1C.Cc1ccc(-n2nc(C(C)(C)C)cc2CC(=O)CCc2cc(F)ccc2Oc2ccc3c(cnn3CCO)c2)cc1. The second-order valence-corrected chi connectivity index (χ2v) is 26.8. The molecule has 0 unspecified atom stereocenters. The molecule has 5 aromatic heterocycles. The summed E-state index contributed by atoms with van der Waals surface area (Å²) in [5, 5.41) is 32.7. The van der Waals surface area contributed by atoms with Crippen molar-refractivity contribution in [2.75, 3.05) is 18.5 Å². The van der Waals surface area contributed by atoms with Crippen molar-refractivity contribution in [2.45, 2.75) is 161 Å². The zero-order chi connectivity index (χ0) is 72.4. The number of anilines is 2. The normalized spacial score (nSPS) is 11.6. The van der Waals surface area contributed by atoms with Gasteiger partial charge < -0.3 is 30.5 Å². The van der Waals surface area contributed by atoms with Crippen LogP contribution in [0.1, 0.15) is 171 Å². The van der Waals surface area contributed by atoms with Crippen molar-refractivity contribution >= 4 is 67.2 Å². The lowest BCUT2D eigenvalue weighted by Gasteiger charge is -2.17. The third-order valence-corrected chi connectivity index (χ3v) is 17.9. The monoisotopic (exact) mass is 1480 g/mol. The third kappa shape index (κ3) is 19.6. The van der Waals surface area contributed by atoms with E-state index in [-0.39, 0.29) is 104 Å². The van der Waals surface area contributed by atoms with E-state index in [1.807, 2.05) is 106 Å². The van der Waals surface area contributed by atoms with Gasteiger partial charge in [0.25, 0.3) is 17.4 Å². The summed E-state index contributed by atoms with van der Waals surface area (Å²) in [5.74, 6) is -0.0300. The topological polar surface area (TPSA) is 231 Å². The Hall–Kier alpha value is -10.5. The Morgan fingerprint density at radius 3 is 2.16 bits per heavy atom. The second-order valence-electron chi connectivity index (χ2n) is 26.0. The number of nitrogens with zero attached hydrogens (tertiary/aromatic N) is 8. The van der Waals surface area contributed by atoms with E-state index in [9.17, 15) is 42.3 Å². The van der Waals surface area contributed by atoms with E-state index < -0.39 is 11.6 Å². The van der Waals surface area contributed by atoms with Gasteiger partial charge in [-0.05, 0) is 183 Å². The first-order chi connectivity index (χ1) is 48.3. The predicted molar refractivity (Wildman–Crippen MR) is 407 cm³/mol. The number of halogens is 4. The number of aliphatic hydroxyl groups excluding tert-OH is 1. The molecule has 19 nitrogen and oxygen atoms in total. The van der Waals surface area contributed by atoms with Gasteiger partial charge in [0.2, 0.25) is 0 Å². The van der Waals surface area contributed by atoms with Crippen LogP contribution in [0.15, 0.2) is 155 Å². The fraction of sp³-hybridized carbons (Fsp3) is 0.321. The van der Waals surface area contributed by atoms with Gasteiger partial charge in [-0.1, -0.05) is 92.8 Å². The molecule has 4 N–H and O–H groups in total. The fourth-order valence-electron chi connectivity index (χ4n) is 11.2. The van der Waals surface area contributed by atoms with Gasteiger partial charge in [0, 0.05) is 89.1 Å². The molecule has 0 aliphatic heterocycles. The molecule has 23 heteroatoms. The van der Waals surface area contributed by atoms with Gasteiger partial charge >= 0.3 is 0 Å². The number of nitrogens with one attached hydrogen (secondary N) is 3. The maximum absolute atomic E-state index is 14.2. The van der Waals surface area contributed by atoms with Crippen molar-refractivity contribution < 1.29 is 46.9 Å². The number of fused-ring (bicyclic) bond motifs is 2. The number of rotatable bonds is 23. The first kappa shape index (κ1) is 80.8. The maximum Gasteiger partial charge on any atom is 0.273 e. The Balaban J connectivity index is 0.000000219.